The first kappa shape index (κ1) is 25.2. The van der Waals surface area contributed by atoms with E-state index in [9.17, 15) is 19.2 Å². The van der Waals surface area contributed by atoms with Crippen molar-refractivity contribution in [3.05, 3.63) is 106 Å². The third-order valence-corrected chi connectivity index (χ3v) is 8.67. The van der Waals surface area contributed by atoms with Crippen molar-refractivity contribution < 1.29 is 23.9 Å². The molecular weight excluding hydrogens is 490 g/mol. The lowest BCUT2D eigenvalue weighted by atomic mass is 9.55. The molecule has 0 unspecified atom stereocenters. The highest BCUT2D eigenvalue weighted by Crippen LogP contribution is 2.61. The number of aryl methyl sites for hydroxylation is 2. The van der Waals surface area contributed by atoms with Crippen LogP contribution in [0.4, 0.5) is 0 Å². The number of rotatable bonds is 6. The Morgan fingerprint density at radius 2 is 1.28 bits per heavy atom. The molecule has 3 aromatic rings. The summed E-state index contributed by atoms with van der Waals surface area (Å²) in [4.78, 5) is 55.7. The summed E-state index contributed by atoms with van der Waals surface area (Å²) in [6.45, 7) is 6.86. The third kappa shape index (κ3) is 3.76. The molecular formula is C33H31NO5. The van der Waals surface area contributed by atoms with E-state index in [1.165, 1.54) is 0 Å². The standard InChI is InChI=1S/C33H31NO5/c1-17(2)30(33(38)39-16-25(35)24-15-18(3)13-14-19(24)4)34-31(36)28-26-20-9-5-6-10-21(20)27(29(28)32(34)37)23-12-8-7-11-22(23)26/h5-15,17,26-30H,16H2,1-4H3/t26?,27?,28-,29+,30-/m0/s1. The highest BCUT2D eigenvalue weighted by Gasteiger charge is 2.63. The van der Waals surface area contributed by atoms with Crippen LogP contribution in [-0.2, 0) is 19.1 Å². The van der Waals surface area contributed by atoms with Crippen molar-refractivity contribution in [2.24, 2.45) is 17.8 Å². The third-order valence-electron chi connectivity index (χ3n) is 8.67. The Morgan fingerprint density at radius 1 is 0.795 bits per heavy atom. The number of carbonyl (C=O) groups is 4. The van der Waals surface area contributed by atoms with Gasteiger partial charge in [0.1, 0.15) is 6.04 Å². The first-order chi connectivity index (χ1) is 18.7. The van der Waals surface area contributed by atoms with Crippen LogP contribution in [0, 0.1) is 31.6 Å². The molecule has 1 heterocycles. The number of hydrogen-bond acceptors (Lipinski definition) is 5. The largest absolute Gasteiger partial charge is 0.456 e. The molecule has 2 bridgehead atoms. The fourth-order valence-corrected chi connectivity index (χ4v) is 6.99. The first-order valence-corrected chi connectivity index (χ1v) is 13.5. The van der Waals surface area contributed by atoms with E-state index in [1.54, 1.807) is 19.9 Å². The Balaban J connectivity index is 1.31. The lowest BCUT2D eigenvalue weighted by Crippen LogP contribution is -2.49. The van der Waals surface area contributed by atoms with E-state index in [0.717, 1.165) is 38.3 Å². The van der Waals surface area contributed by atoms with Crippen LogP contribution in [0.25, 0.3) is 0 Å². The minimum absolute atomic E-state index is 0.247. The van der Waals surface area contributed by atoms with Gasteiger partial charge in [-0.25, -0.2) is 4.79 Å². The quantitative estimate of drug-likeness (QED) is 0.261. The number of amides is 2. The zero-order valence-electron chi connectivity index (χ0n) is 22.5. The van der Waals surface area contributed by atoms with E-state index < -0.39 is 30.5 Å². The van der Waals surface area contributed by atoms with E-state index >= 15 is 0 Å². The Hall–Kier alpha value is -4.06. The van der Waals surface area contributed by atoms with Crippen LogP contribution in [-0.4, -0.2) is 41.1 Å². The molecule has 0 aromatic heterocycles. The predicted octanol–water partition coefficient (Wildman–Crippen LogP) is 4.95. The van der Waals surface area contributed by atoms with Crippen molar-refractivity contribution in [2.75, 3.05) is 6.61 Å². The van der Waals surface area contributed by atoms with Crippen molar-refractivity contribution in [1.29, 1.82) is 0 Å². The summed E-state index contributed by atoms with van der Waals surface area (Å²) in [6.07, 6.45) is 0. The summed E-state index contributed by atoms with van der Waals surface area (Å²) in [5, 5.41) is 0. The first-order valence-electron chi connectivity index (χ1n) is 13.5. The number of hydrogen-bond donors (Lipinski definition) is 0. The van der Waals surface area contributed by atoms with Gasteiger partial charge < -0.3 is 4.74 Å². The number of benzene rings is 3. The van der Waals surface area contributed by atoms with E-state index in [4.69, 9.17) is 4.74 Å². The maximum atomic E-state index is 14.1. The van der Waals surface area contributed by atoms with Gasteiger partial charge in [0.25, 0.3) is 0 Å². The average Bonchev–Trinajstić information content (AvgIpc) is 3.19. The molecule has 3 aromatic carbocycles. The number of nitrogens with zero attached hydrogens (tertiary/aromatic N) is 1. The van der Waals surface area contributed by atoms with Gasteiger partial charge in [-0.1, -0.05) is 80.1 Å². The topological polar surface area (TPSA) is 80.8 Å². The molecule has 0 spiro atoms. The SMILES string of the molecule is Cc1ccc(C)c(C(=O)COC(=O)[C@H](C(C)C)N2C(=O)[C@@H]3C4c5ccccc5C(c5ccccc54)[C@@H]3C2=O)c1. The normalized spacial score (nSPS) is 23.4. The molecule has 0 N–H and O–H groups in total. The van der Waals surface area contributed by atoms with Gasteiger partial charge in [-0.2, -0.15) is 0 Å². The van der Waals surface area contributed by atoms with Gasteiger partial charge in [-0.05, 0) is 53.6 Å². The van der Waals surface area contributed by atoms with Gasteiger partial charge in [0.05, 0.1) is 11.8 Å². The summed E-state index contributed by atoms with van der Waals surface area (Å²) >= 11 is 0. The molecule has 1 saturated heterocycles. The minimum Gasteiger partial charge on any atom is -0.456 e. The molecule has 0 radical (unpaired) electrons. The van der Waals surface area contributed by atoms with Gasteiger partial charge in [-0.15, -0.1) is 0 Å². The van der Waals surface area contributed by atoms with Crippen LogP contribution in [0.3, 0.4) is 0 Å². The monoisotopic (exact) mass is 521 g/mol. The number of ketones is 1. The predicted molar refractivity (Wildman–Crippen MR) is 145 cm³/mol. The number of likely N-dealkylation sites (tertiary alicyclic amines) is 1. The van der Waals surface area contributed by atoms with Crippen molar-refractivity contribution >= 4 is 23.6 Å². The van der Waals surface area contributed by atoms with E-state index in [2.05, 4.69) is 0 Å². The van der Waals surface area contributed by atoms with Crippen LogP contribution >= 0.6 is 0 Å². The van der Waals surface area contributed by atoms with Crippen LogP contribution in [0.15, 0.2) is 66.7 Å². The fraction of sp³-hybridized carbons (Fsp3) is 0.333. The second-order valence-electron chi connectivity index (χ2n) is 11.3. The maximum absolute atomic E-state index is 14.1. The molecule has 0 saturated carbocycles. The maximum Gasteiger partial charge on any atom is 0.330 e. The summed E-state index contributed by atoms with van der Waals surface area (Å²) in [7, 11) is 0. The average molecular weight is 522 g/mol. The number of imide groups is 1. The molecule has 2 amide bonds. The second-order valence-corrected chi connectivity index (χ2v) is 11.3. The molecule has 6 nitrogen and oxygen atoms in total. The smallest absolute Gasteiger partial charge is 0.330 e. The van der Waals surface area contributed by atoms with Gasteiger partial charge in [0.15, 0.2) is 6.61 Å². The molecule has 1 aliphatic heterocycles. The molecule has 7 rings (SSSR count). The summed E-state index contributed by atoms with van der Waals surface area (Å²) in [6, 6.07) is 20.5. The summed E-state index contributed by atoms with van der Waals surface area (Å²) < 4.78 is 5.50. The highest BCUT2D eigenvalue weighted by molar-refractivity contribution is 6.10. The molecule has 39 heavy (non-hydrogen) atoms. The Labute approximate surface area is 228 Å². The fourth-order valence-electron chi connectivity index (χ4n) is 6.99. The Morgan fingerprint density at radius 3 is 1.74 bits per heavy atom. The van der Waals surface area contributed by atoms with Crippen molar-refractivity contribution in [1.82, 2.24) is 4.90 Å². The zero-order chi connectivity index (χ0) is 27.6. The Bertz CT molecular complexity index is 1420. The number of carbonyl (C=O) groups excluding carboxylic acids is 4. The van der Waals surface area contributed by atoms with Crippen LogP contribution in [0.2, 0.25) is 0 Å². The van der Waals surface area contributed by atoms with Crippen molar-refractivity contribution in [2.45, 2.75) is 45.6 Å². The van der Waals surface area contributed by atoms with Crippen molar-refractivity contribution in [3.8, 4) is 0 Å². The number of esters is 1. The molecule has 1 fully saturated rings. The van der Waals surface area contributed by atoms with E-state index in [-0.39, 0.29) is 35.4 Å². The minimum atomic E-state index is -1.10. The van der Waals surface area contributed by atoms with E-state index in [0.29, 0.717) is 5.56 Å². The number of Topliss-reactive ketones (excluding diaryl/α,β-unsaturated/α-hetero) is 1. The highest BCUT2D eigenvalue weighted by atomic mass is 16.5. The molecule has 3 atom stereocenters. The lowest BCUT2D eigenvalue weighted by Gasteiger charge is -2.45. The van der Waals surface area contributed by atoms with Crippen LogP contribution in [0.1, 0.15) is 69.4 Å². The Kier molecular flexibility index (Phi) is 6.01. The molecule has 6 heteroatoms. The van der Waals surface area contributed by atoms with Gasteiger partial charge in [0.2, 0.25) is 17.6 Å². The second kappa shape index (κ2) is 9.30. The van der Waals surface area contributed by atoms with Crippen LogP contribution in [0.5, 0.6) is 0 Å². The zero-order valence-corrected chi connectivity index (χ0v) is 22.5. The lowest BCUT2D eigenvalue weighted by molar-refractivity contribution is -0.160. The molecule has 198 valence electrons. The summed E-state index contributed by atoms with van der Waals surface area (Å²) in [5.74, 6) is -3.73. The molecule has 4 aliphatic rings. The van der Waals surface area contributed by atoms with Crippen molar-refractivity contribution in [3.63, 3.8) is 0 Å². The van der Waals surface area contributed by atoms with E-state index in [1.807, 2.05) is 74.5 Å². The number of ether oxygens (including phenoxy) is 1. The van der Waals surface area contributed by atoms with Gasteiger partial charge in [0, 0.05) is 17.4 Å². The van der Waals surface area contributed by atoms with Gasteiger partial charge >= 0.3 is 5.97 Å². The summed E-state index contributed by atoms with van der Waals surface area (Å²) in [5.41, 5.74) is 6.53. The van der Waals surface area contributed by atoms with Gasteiger partial charge in [-0.3, -0.25) is 19.3 Å². The molecule has 3 aliphatic carbocycles. The van der Waals surface area contributed by atoms with Crippen LogP contribution < -0.4 is 0 Å².